The van der Waals surface area contributed by atoms with Crippen LogP contribution in [0, 0.1) is 11.7 Å². The molecule has 158 valence electrons. The average molecular weight is 434 g/mol. The summed E-state index contributed by atoms with van der Waals surface area (Å²) in [6.07, 6.45) is 0.853. The number of nitrogens with zero attached hydrogens (tertiary/aromatic N) is 1. The van der Waals surface area contributed by atoms with Crippen molar-refractivity contribution in [2.24, 2.45) is 5.92 Å². The predicted octanol–water partition coefficient (Wildman–Crippen LogP) is 2.80. The van der Waals surface area contributed by atoms with Crippen LogP contribution in [0.15, 0.2) is 42.5 Å². The summed E-state index contributed by atoms with van der Waals surface area (Å²) in [5, 5.41) is 0.430. The Kier molecular flexibility index (Phi) is 6.89. The highest BCUT2D eigenvalue weighted by Crippen LogP contribution is 2.26. The van der Waals surface area contributed by atoms with Gasteiger partial charge in [0.15, 0.2) is 0 Å². The van der Waals surface area contributed by atoms with E-state index in [1.807, 2.05) is 0 Å². The largest absolute Gasteiger partial charge is 0.496 e. The number of benzene rings is 2. The SMILES string of the molecule is COc1ccc(Cl)cc1C(=O)N1CCC(C(=O)NNC(=O)c2ccccc2F)CC1. The lowest BCUT2D eigenvalue weighted by atomic mass is 9.95. The molecule has 0 radical (unpaired) electrons. The van der Waals surface area contributed by atoms with E-state index in [0.29, 0.717) is 42.3 Å². The molecule has 0 spiro atoms. The van der Waals surface area contributed by atoms with Gasteiger partial charge in [-0.05, 0) is 43.2 Å². The first-order chi connectivity index (χ1) is 14.4. The number of methoxy groups -OCH3 is 1. The highest BCUT2D eigenvalue weighted by Gasteiger charge is 2.29. The Morgan fingerprint density at radius 3 is 2.43 bits per heavy atom. The lowest BCUT2D eigenvalue weighted by Crippen LogP contribution is -2.48. The molecule has 9 heteroatoms. The fourth-order valence-corrected chi connectivity index (χ4v) is 3.47. The van der Waals surface area contributed by atoms with Crippen molar-refractivity contribution in [3.05, 3.63) is 64.4 Å². The van der Waals surface area contributed by atoms with E-state index in [1.165, 1.54) is 31.4 Å². The van der Waals surface area contributed by atoms with Crippen molar-refractivity contribution in [2.75, 3.05) is 20.2 Å². The molecule has 0 unspecified atom stereocenters. The Morgan fingerprint density at radius 2 is 1.77 bits per heavy atom. The summed E-state index contributed by atoms with van der Waals surface area (Å²) in [5.74, 6) is -1.96. The average Bonchev–Trinajstić information content (AvgIpc) is 2.77. The fraction of sp³-hybridized carbons (Fsp3) is 0.286. The first-order valence-electron chi connectivity index (χ1n) is 9.38. The van der Waals surface area contributed by atoms with Crippen molar-refractivity contribution in [1.82, 2.24) is 15.8 Å². The molecule has 7 nitrogen and oxygen atoms in total. The maximum atomic E-state index is 13.6. The summed E-state index contributed by atoms with van der Waals surface area (Å²) in [5.41, 5.74) is 4.77. The number of piperidine rings is 1. The normalized spacial score (nSPS) is 14.2. The quantitative estimate of drug-likeness (QED) is 0.726. The van der Waals surface area contributed by atoms with E-state index >= 15 is 0 Å². The molecule has 2 N–H and O–H groups in total. The Hall–Kier alpha value is -3.13. The van der Waals surface area contributed by atoms with Gasteiger partial charge in [0.05, 0.1) is 18.2 Å². The molecule has 1 aliphatic heterocycles. The first kappa shape index (κ1) is 21.6. The minimum absolute atomic E-state index is 0.159. The number of carbonyl (C=O) groups is 3. The maximum Gasteiger partial charge on any atom is 0.272 e. The number of rotatable bonds is 4. The second-order valence-corrected chi connectivity index (χ2v) is 7.27. The van der Waals surface area contributed by atoms with Crippen molar-refractivity contribution in [2.45, 2.75) is 12.8 Å². The summed E-state index contributed by atoms with van der Waals surface area (Å²) in [4.78, 5) is 38.8. The highest BCUT2D eigenvalue weighted by atomic mass is 35.5. The molecule has 2 aromatic rings. The Labute approximate surface area is 178 Å². The molecule has 3 rings (SSSR count). The van der Waals surface area contributed by atoms with E-state index in [-0.39, 0.29) is 23.3 Å². The molecular formula is C21H21ClFN3O4. The smallest absolute Gasteiger partial charge is 0.272 e. The van der Waals surface area contributed by atoms with Crippen LogP contribution in [0.5, 0.6) is 5.75 Å². The first-order valence-corrected chi connectivity index (χ1v) is 9.76. The second-order valence-electron chi connectivity index (χ2n) is 6.83. The summed E-state index contributed by atoms with van der Waals surface area (Å²) < 4.78 is 18.9. The predicted molar refractivity (Wildman–Crippen MR) is 109 cm³/mol. The standard InChI is InChI=1S/C21H21ClFN3O4/c1-30-18-7-6-14(22)12-16(18)21(29)26-10-8-13(9-11-26)19(27)24-25-20(28)15-4-2-3-5-17(15)23/h2-7,12-13H,8-11H2,1H3,(H,24,27)(H,25,28). The van der Waals surface area contributed by atoms with Gasteiger partial charge in [-0.25, -0.2) is 4.39 Å². The number of carbonyl (C=O) groups excluding carboxylic acids is 3. The van der Waals surface area contributed by atoms with E-state index in [2.05, 4.69) is 10.9 Å². The van der Waals surface area contributed by atoms with Crippen LogP contribution in [0.4, 0.5) is 4.39 Å². The highest BCUT2D eigenvalue weighted by molar-refractivity contribution is 6.31. The maximum absolute atomic E-state index is 13.6. The topological polar surface area (TPSA) is 87.7 Å². The molecule has 0 aliphatic carbocycles. The van der Waals surface area contributed by atoms with E-state index in [4.69, 9.17) is 16.3 Å². The van der Waals surface area contributed by atoms with E-state index in [9.17, 15) is 18.8 Å². The molecule has 1 aliphatic rings. The molecule has 0 aromatic heterocycles. The van der Waals surface area contributed by atoms with Crippen LogP contribution < -0.4 is 15.6 Å². The molecule has 0 saturated carbocycles. The van der Waals surface area contributed by atoms with Crippen LogP contribution in [-0.4, -0.2) is 42.8 Å². The third-order valence-corrected chi connectivity index (χ3v) is 5.20. The van der Waals surface area contributed by atoms with Crippen molar-refractivity contribution in [3.8, 4) is 5.75 Å². The van der Waals surface area contributed by atoms with Crippen molar-refractivity contribution >= 4 is 29.3 Å². The molecular weight excluding hydrogens is 413 g/mol. The minimum atomic E-state index is -0.734. The van der Waals surface area contributed by atoms with Crippen LogP contribution in [0.2, 0.25) is 5.02 Å². The monoisotopic (exact) mass is 433 g/mol. The zero-order valence-electron chi connectivity index (χ0n) is 16.3. The molecule has 0 atom stereocenters. The van der Waals surface area contributed by atoms with E-state index in [0.717, 1.165) is 0 Å². The number of hydrazine groups is 1. The van der Waals surface area contributed by atoms with Gasteiger partial charge >= 0.3 is 0 Å². The van der Waals surface area contributed by atoms with Crippen LogP contribution in [0.25, 0.3) is 0 Å². The lowest BCUT2D eigenvalue weighted by molar-refractivity contribution is -0.127. The molecule has 1 heterocycles. The van der Waals surface area contributed by atoms with E-state index < -0.39 is 11.7 Å². The second kappa shape index (κ2) is 9.58. The van der Waals surface area contributed by atoms with Gasteiger partial charge in [0, 0.05) is 24.0 Å². The molecule has 1 fully saturated rings. The summed E-state index contributed by atoms with van der Waals surface area (Å²) in [7, 11) is 1.48. The number of amides is 3. The molecule has 3 amide bonds. The lowest BCUT2D eigenvalue weighted by Gasteiger charge is -2.31. The van der Waals surface area contributed by atoms with Gasteiger partial charge < -0.3 is 9.64 Å². The van der Waals surface area contributed by atoms with Crippen LogP contribution in [-0.2, 0) is 4.79 Å². The van der Waals surface area contributed by atoms with Crippen molar-refractivity contribution in [3.63, 3.8) is 0 Å². The number of likely N-dealkylation sites (tertiary alicyclic amines) is 1. The fourth-order valence-electron chi connectivity index (χ4n) is 3.30. The van der Waals surface area contributed by atoms with Gasteiger partial charge in [-0.3, -0.25) is 25.2 Å². The van der Waals surface area contributed by atoms with E-state index in [1.54, 1.807) is 23.1 Å². The van der Waals surface area contributed by atoms with Crippen LogP contribution >= 0.6 is 11.6 Å². The molecule has 30 heavy (non-hydrogen) atoms. The van der Waals surface area contributed by atoms with Crippen molar-refractivity contribution < 1.29 is 23.5 Å². The third-order valence-electron chi connectivity index (χ3n) is 4.96. The Bertz CT molecular complexity index is 961. The van der Waals surface area contributed by atoms with Gasteiger partial charge in [0.2, 0.25) is 5.91 Å². The number of nitrogens with one attached hydrogen (secondary N) is 2. The van der Waals surface area contributed by atoms with Gasteiger partial charge in [0.25, 0.3) is 11.8 Å². The van der Waals surface area contributed by atoms with Gasteiger partial charge in [-0.2, -0.15) is 0 Å². The van der Waals surface area contributed by atoms with Gasteiger partial charge in [-0.15, -0.1) is 0 Å². The Morgan fingerprint density at radius 1 is 1.07 bits per heavy atom. The summed E-state index contributed by atoms with van der Waals surface area (Å²) in [6.45, 7) is 0.738. The number of hydrogen-bond donors (Lipinski definition) is 2. The minimum Gasteiger partial charge on any atom is -0.496 e. The zero-order valence-corrected chi connectivity index (χ0v) is 17.0. The third kappa shape index (κ3) is 4.88. The molecule has 2 aromatic carbocycles. The number of hydrogen-bond acceptors (Lipinski definition) is 4. The number of halogens is 2. The van der Waals surface area contributed by atoms with Gasteiger partial charge in [-0.1, -0.05) is 23.7 Å². The van der Waals surface area contributed by atoms with Crippen LogP contribution in [0.3, 0.4) is 0 Å². The number of ether oxygens (including phenoxy) is 1. The summed E-state index contributed by atoms with van der Waals surface area (Å²) in [6, 6.07) is 10.3. The summed E-state index contributed by atoms with van der Waals surface area (Å²) >= 11 is 6.00. The van der Waals surface area contributed by atoms with Gasteiger partial charge in [0.1, 0.15) is 11.6 Å². The van der Waals surface area contributed by atoms with Crippen LogP contribution in [0.1, 0.15) is 33.6 Å². The zero-order chi connectivity index (χ0) is 21.7. The molecule has 0 bridgehead atoms. The molecule has 1 saturated heterocycles. The Balaban J connectivity index is 1.53. The van der Waals surface area contributed by atoms with Crippen molar-refractivity contribution in [1.29, 1.82) is 0 Å².